The van der Waals surface area contributed by atoms with E-state index in [1.54, 1.807) is 0 Å². The van der Waals surface area contributed by atoms with Crippen molar-refractivity contribution >= 4 is 6.09 Å². The van der Waals surface area contributed by atoms with E-state index in [-0.39, 0.29) is 0 Å². The normalized spacial score (nSPS) is 9.69. The molecule has 0 saturated carbocycles. The SMILES string of the molecule is CCCCCC[N]C(=O)OCCC. The summed E-state index contributed by atoms with van der Waals surface area (Å²) in [5, 5.41) is 3.77. The monoisotopic (exact) mass is 186 g/mol. The van der Waals surface area contributed by atoms with Crippen LogP contribution in [0.4, 0.5) is 4.79 Å². The molecule has 0 aliphatic heterocycles. The first-order valence-corrected chi connectivity index (χ1v) is 5.15. The molecule has 0 rings (SSSR count). The summed E-state index contributed by atoms with van der Waals surface area (Å²) < 4.78 is 4.79. The van der Waals surface area contributed by atoms with Crippen LogP contribution in [0.2, 0.25) is 0 Å². The van der Waals surface area contributed by atoms with E-state index < -0.39 is 6.09 Å². The summed E-state index contributed by atoms with van der Waals surface area (Å²) in [7, 11) is 0. The molecule has 0 aromatic heterocycles. The minimum absolute atomic E-state index is 0.404. The van der Waals surface area contributed by atoms with Crippen LogP contribution in [0.15, 0.2) is 0 Å². The number of ether oxygens (including phenoxy) is 1. The standard InChI is InChI=1S/C10H20NO2/c1-3-5-6-7-8-11-10(12)13-9-4-2/h3-9H2,1-2H3. The van der Waals surface area contributed by atoms with E-state index in [2.05, 4.69) is 12.2 Å². The molecule has 0 atom stereocenters. The molecule has 0 aliphatic carbocycles. The third-order valence-corrected chi connectivity index (χ3v) is 1.68. The fourth-order valence-electron chi connectivity index (χ4n) is 0.944. The molecular weight excluding hydrogens is 166 g/mol. The van der Waals surface area contributed by atoms with E-state index >= 15 is 0 Å². The number of hydrogen-bond acceptors (Lipinski definition) is 2. The zero-order chi connectivity index (χ0) is 9.94. The van der Waals surface area contributed by atoms with Gasteiger partial charge in [0.05, 0.1) is 6.61 Å². The smallest absolute Gasteiger partial charge is 0.428 e. The summed E-state index contributed by atoms with van der Waals surface area (Å²) in [5.41, 5.74) is 0. The van der Waals surface area contributed by atoms with Gasteiger partial charge in [0.2, 0.25) is 0 Å². The molecule has 0 heterocycles. The van der Waals surface area contributed by atoms with Crippen molar-refractivity contribution in [2.75, 3.05) is 13.2 Å². The highest BCUT2D eigenvalue weighted by atomic mass is 16.5. The second-order valence-corrected chi connectivity index (χ2v) is 3.06. The van der Waals surface area contributed by atoms with Crippen molar-refractivity contribution in [3.05, 3.63) is 0 Å². The van der Waals surface area contributed by atoms with Crippen LogP contribution in [0.1, 0.15) is 46.0 Å². The van der Waals surface area contributed by atoms with Gasteiger partial charge < -0.3 is 4.74 Å². The Balaban J connectivity index is 3.08. The summed E-state index contributed by atoms with van der Waals surface area (Å²) in [6.45, 7) is 5.22. The number of hydrogen-bond donors (Lipinski definition) is 0. The first-order chi connectivity index (χ1) is 6.31. The lowest BCUT2D eigenvalue weighted by Crippen LogP contribution is -2.18. The Morgan fingerprint density at radius 1 is 1.15 bits per heavy atom. The average molecular weight is 186 g/mol. The molecule has 0 unspecified atom stereocenters. The molecule has 0 spiro atoms. The van der Waals surface area contributed by atoms with Crippen molar-refractivity contribution in [1.29, 1.82) is 0 Å². The summed E-state index contributed by atoms with van der Waals surface area (Å²) >= 11 is 0. The Kier molecular flexibility index (Phi) is 8.83. The molecule has 77 valence electrons. The maximum Gasteiger partial charge on any atom is 0.428 e. The molecule has 1 amide bonds. The van der Waals surface area contributed by atoms with Gasteiger partial charge in [-0.05, 0) is 12.8 Å². The fourth-order valence-corrected chi connectivity index (χ4v) is 0.944. The van der Waals surface area contributed by atoms with Gasteiger partial charge in [0.25, 0.3) is 0 Å². The van der Waals surface area contributed by atoms with Crippen LogP contribution in [-0.4, -0.2) is 19.2 Å². The highest BCUT2D eigenvalue weighted by molar-refractivity contribution is 5.66. The molecular formula is C10H20NO2. The Morgan fingerprint density at radius 3 is 2.54 bits per heavy atom. The number of nitrogens with zero attached hydrogens (tertiary/aromatic N) is 1. The largest absolute Gasteiger partial charge is 0.448 e. The Labute approximate surface area is 80.8 Å². The maximum atomic E-state index is 10.8. The summed E-state index contributed by atoms with van der Waals surface area (Å²) in [4.78, 5) is 10.8. The van der Waals surface area contributed by atoms with Crippen molar-refractivity contribution in [2.45, 2.75) is 46.0 Å². The second kappa shape index (κ2) is 9.36. The molecule has 3 heteroatoms. The quantitative estimate of drug-likeness (QED) is 0.573. The molecule has 3 nitrogen and oxygen atoms in total. The van der Waals surface area contributed by atoms with Crippen LogP contribution < -0.4 is 5.32 Å². The van der Waals surface area contributed by atoms with Crippen LogP contribution in [0, 0.1) is 0 Å². The predicted molar refractivity (Wildman–Crippen MR) is 52.8 cm³/mol. The number of rotatable bonds is 7. The number of amides is 1. The number of unbranched alkanes of at least 4 members (excludes halogenated alkanes) is 3. The lowest BCUT2D eigenvalue weighted by molar-refractivity contribution is 0.145. The van der Waals surface area contributed by atoms with Gasteiger partial charge in [-0.15, -0.1) is 0 Å². The highest BCUT2D eigenvalue weighted by Crippen LogP contribution is 1.97. The van der Waals surface area contributed by atoms with Crippen LogP contribution in [0.25, 0.3) is 0 Å². The summed E-state index contributed by atoms with van der Waals surface area (Å²) in [5.74, 6) is 0. The Bertz CT molecular complexity index is 126. The van der Waals surface area contributed by atoms with Crippen molar-refractivity contribution in [3.63, 3.8) is 0 Å². The van der Waals surface area contributed by atoms with Crippen LogP contribution in [0.3, 0.4) is 0 Å². The zero-order valence-corrected chi connectivity index (χ0v) is 8.71. The van der Waals surface area contributed by atoms with Crippen LogP contribution >= 0.6 is 0 Å². The van der Waals surface area contributed by atoms with Gasteiger partial charge >= 0.3 is 6.09 Å². The lowest BCUT2D eigenvalue weighted by atomic mass is 10.2. The summed E-state index contributed by atoms with van der Waals surface area (Å²) in [6, 6.07) is 0. The topological polar surface area (TPSA) is 40.4 Å². The van der Waals surface area contributed by atoms with Crippen LogP contribution in [-0.2, 0) is 4.74 Å². The maximum absolute atomic E-state index is 10.8. The van der Waals surface area contributed by atoms with Gasteiger partial charge in [-0.2, -0.15) is 0 Å². The Morgan fingerprint density at radius 2 is 1.92 bits per heavy atom. The molecule has 0 bridgehead atoms. The predicted octanol–water partition coefficient (Wildman–Crippen LogP) is 2.72. The minimum Gasteiger partial charge on any atom is -0.448 e. The fraction of sp³-hybridized carbons (Fsp3) is 0.900. The van der Waals surface area contributed by atoms with Gasteiger partial charge in [0.15, 0.2) is 0 Å². The minimum atomic E-state index is -0.404. The first kappa shape index (κ1) is 12.3. The van der Waals surface area contributed by atoms with Crippen LogP contribution in [0.5, 0.6) is 0 Å². The number of carbonyl (C=O) groups excluding carboxylic acids is 1. The van der Waals surface area contributed by atoms with E-state index in [0.717, 1.165) is 19.3 Å². The molecule has 0 aromatic rings. The van der Waals surface area contributed by atoms with Gasteiger partial charge in [-0.1, -0.05) is 33.1 Å². The molecule has 0 saturated heterocycles. The van der Waals surface area contributed by atoms with E-state index in [4.69, 9.17) is 4.74 Å². The van der Waals surface area contributed by atoms with Crippen molar-refractivity contribution in [2.24, 2.45) is 0 Å². The lowest BCUT2D eigenvalue weighted by Gasteiger charge is -2.02. The molecule has 0 aliphatic rings. The van der Waals surface area contributed by atoms with Crippen molar-refractivity contribution in [1.82, 2.24) is 5.32 Å². The van der Waals surface area contributed by atoms with Gasteiger partial charge in [0.1, 0.15) is 0 Å². The van der Waals surface area contributed by atoms with Crippen molar-refractivity contribution in [3.8, 4) is 0 Å². The first-order valence-electron chi connectivity index (χ1n) is 5.15. The molecule has 0 fully saturated rings. The van der Waals surface area contributed by atoms with E-state index in [1.165, 1.54) is 12.8 Å². The average Bonchev–Trinajstić information content (AvgIpc) is 2.14. The summed E-state index contributed by atoms with van der Waals surface area (Å²) in [6.07, 6.45) is 5.03. The van der Waals surface area contributed by atoms with Gasteiger partial charge in [-0.25, -0.2) is 10.1 Å². The molecule has 0 N–H and O–H groups in total. The molecule has 1 radical (unpaired) electrons. The third kappa shape index (κ3) is 9.18. The van der Waals surface area contributed by atoms with Gasteiger partial charge in [0, 0.05) is 6.54 Å². The van der Waals surface area contributed by atoms with Gasteiger partial charge in [-0.3, -0.25) is 0 Å². The number of carbonyl (C=O) groups is 1. The van der Waals surface area contributed by atoms with E-state index in [0.29, 0.717) is 13.2 Å². The third-order valence-electron chi connectivity index (χ3n) is 1.68. The Hall–Kier alpha value is -0.730. The second-order valence-electron chi connectivity index (χ2n) is 3.06. The molecule has 0 aromatic carbocycles. The van der Waals surface area contributed by atoms with E-state index in [1.807, 2.05) is 6.92 Å². The highest BCUT2D eigenvalue weighted by Gasteiger charge is 2.00. The van der Waals surface area contributed by atoms with E-state index in [9.17, 15) is 4.79 Å². The zero-order valence-electron chi connectivity index (χ0n) is 8.71. The molecule has 13 heavy (non-hydrogen) atoms. The van der Waals surface area contributed by atoms with Crippen molar-refractivity contribution < 1.29 is 9.53 Å².